The Morgan fingerprint density at radius 1 is 1.06 bits per heavy atom. The molecule has 4 amide bonds. The van der Waals surface area contributed by atoms with Gasteiger partial charge in [0.25, 0.3) is 17.5 Å². The zero-order chi connectivity index (χ0) is 25.1. The molecule has 2 aliphatic heterocycles. The van der Waals surface area contributed by atoms with E-state index < -0.39 is 34.4 Å². The number of rotatable bonds is 7. The van der Waals surface area contributed by atoms with Crippen molar-refractivity contribution in [3.05, 3.63) is 69.8 Å². The Hall–Kier alpha value is -4.12. The zero-order valence-electron chi connectivity index (χ0n) is 19.1. The zero-order valence-corrected chi connectivity index (χ0v) is 19.1. The summed E-state index contributed by atoms with van der Waals surface area (Å²) in [6.07, 6.45) is 1.20. The number of para-hydroxylation sites is 1. The van der Waals surface area contributed by atoms with E-state index in [2.05, 4.69) is 10.6 Å². The van der Waals surface area contributed by atoms with Crippen molar-refractivity contribution in [1.29, 1.82) is 0 Å². The number of imide groups is 1. The van der Waals surface area contributed by atoms with Gasteiger partial charge in [0.1, 0.15) is 11.6 Å². The number of hydrogen-bond donors (Lipinski definition) is 2. The minimum absolute atomic E-state index is 0.0778. The topological polar surface area (TPSA) is 142 Å². The van der Waals surface area contributed by atoms with Crippen LogP contribution in [0.4, 0.5) is 11.4 Å². The summed E-state index contributed by atoms with van der Waals surface area (Å²) in [4.78, 5) is 64.0. The van der Waals surface area contributed by atoms with Gasteiger partial charge in [-0.15, -0.1) is 0 Å². The lowest BCUT2D eigenvalue weighted by Crippen LogP contribution is -2.53. The van der Waals surface area contributed by atoms with E-state index in [1.54, 1.807) is 0 Å². The summed E-state index contributed by atoms with van der Waals surface area (Å²) in [6.45, 7) is 2.85. The van der Waals surface area contributed by atoms with Gasteiger partial charge in [0.2, 0.25) is 11.8 Å². The molecule has 0 radical (unpaired) electrons. The molecule has 11 heteroatoms. The molecule has 1 unspecified atom stereocenters. The predicted octanol–water partition coefficient (Wildman–Crippen LogP) is 1.80. The Morgan fingerprint density at radius 2 is 1.74 bits per heavy atom. The molecule has 35 heavy (non-hydrogen) atoms. The van der Waals surface area contributed by atoms with E-state index in [1.165, 1.54) is 19.1 Å². The maximum absolute atomic E-state index is 12.9. The maximum Gasteiger partial charge on any atom is 0.282 e. The first kappa shape index (κ1) is 24.0. The van der Waals surface area contributed by atoms with Crippen LogP contribution in [0.1, 0.15) is 40.5 Å². The van der Waals surface area contributed by atoms with E-state index in [0.717, 1.165) is 16.7 Å². The minimum Gasteiger partial charge on any atom is -0.351 e. The van der Waals surface area contributed by atoms with Crippen molar-refractivity contribution >= 4 is 35.0 Å². The van der Waals surface area contributed by atoms with E-state index in [-0.39, 0.29) is 29.6 Å². The molecule has 2 aromatic carbocycles. The molecule has 2 aromatic rings. The average Bonchev–Trinajstić information content (AvgIpc) is 3.10. The molecule has 0 saturated carbocycles. The monoisotopic (exact) mass is 479 g/mol. The molecule has 0 spiro atoms. The van der Waals surface area contributed by atoms with Gasteiger partial charge in [0, 0.05) is 30.9 Å². The minimum atomic E-state index is -1.13. The van der Waals surface area contributed by atoms with Gasteiger partial charge in [-0.25, -0.2) is 0 Å². The second-order valence-electron chi connectivity index (χ2n) is 8.59. The molecule has 0 aliphatic carbocycles. The third-order valence-electron chi connectivity index (χ3n) is 6.25. The summed E-state index contributed by atoms with van der Waals surface area (Å²) in [5.74, 6) is -2.20. The van der Waals surface area contributed by atoms with E-state index in [9.17, 15) is 29.3 Å². The molecule has 11 nitrogen and oxygen atoms in total. The number of anilines is 1. The molecular formula is C24H25N5O6. The molecule has 1 saturated heterocycles. The second-order valence-corrected chi connectivity index (χ2v) is 8.59. The van der Waals surface area contributed by atoms with Gasteiger partial charge in [-0.3, -0.25) is 39.1 Å². The molecule has 2 N–H and O–H groups in total. The fraction of sp³-hybridized carbons (Fsp3) is 0.333. The van der Waals surface area contributed by atoms with E-state index in [0.29, 0.717) is 25.9 Å². The Balaban J connectivity index is 1.30. The molecular weight excluding hydrogens is 454 g/mol. The lowest BCUT2D eigenvalue weighted by molar-refractivity contribution is -0.385. The number of hydrogen-bond acceptors (Lipinski definition) is 7. The molecule has 4 rings (SSSR count). The molecule has 0 aromatic heterocycles. The van der Waals surface area contributed by atoms with Crippen molar-refractivity contribution < 1.29 is 24.1 Å². The highest BCUT2D eigenvalue weighted by atomic mass is 16.6. The molecule has 1 atom stereocenters. The Morgan fingerprint density at radius 3 is 2.40 bits per heavy atom. The quantitative estimate of drug-likeness (QED) is 0.350. The van der Waals surface area contributed by atoms with Crippen LogP contribution in [-0.2, 0) is 9.59 Å². The van der Waals surface area contributed by atoms with Crippen LogP contribution in [0.15, 0.2) is 48.5 Å². The Labute approximate surface area is 201 Å². The van der Waals surface area contributed by atoms with Gasteiger partial charge < -0.3 is 10.6 Å². The van der Waals surface area contributed by atoms with Crippen LogP contribution in [0.25, 0.3) is 0 Å². The van der Waals surface area contributed by atoms with E-state index >= 15 is 0 Å². The molecule has 2 aliphatic rings. The number of nitrogens with zero attached hydrogens (tertiary/aromatic N) is 3. The molecule has 1 fully saturated rings. The summed E-state index contributed by atoms with van der Waals surface area (Å²) in [6, 6.07) is 11.7. The predicted molar refractivity (Wildman–Crippen MR) is 126 cm³/mol. The van der Waals surface area contributed by atoms with Gasteiger partial charge in [-0.1, -0.05) is 24.3 Å². The lowest BCUT2D eigenvalue weighted by Gasteiger charge is -2.33. The standard InChI is InChI=1S/C24H25N5O6/c1-15(28-23(32)18-8-5-9-19(29(34)35)21(18)24(28)33)22(31)26-17-10-12-27(13-11-17)14-20(30)25-16-6-3-2-4-7-16/h2-9,15,17H,10-14H2,1H3,(H,25,30)(H,26,31). The van der Waals surface area contributed by atoms with Gasteiger partial charge in [0.15, 0.2) is 0 Å². The maximum atomic E-state index is 12.9. The summed E-state index contributed by atoms with van der Waals surface area (Å²) >= 11 is 0. The number of nitro benzene ring substituents is 1. The first-order valence-electron chi connectivity index (χ1n) is 11.3. The summed E-state index contributed by atoms with van der Waals surface area (Å²) in [7, 11) is 0. The van der Waals surface area contributed by atoms with Crippen LogP contribution < -0.4 is 10.6 Å². The second kappa shape index (κ2) is 10.0. The number of likely N-dealkylation sites (tertiary alicyclic amines) is 1. The van der Waals surface area contributed by atoms with Gasteiger partial charge in [-0.2, -0.15) is 0 Å². The van der Waals surface area contributed by atoms with Gasteiger partial charge >= 0.3 is 0 Å². The van der Waals surface area contributed by atoms with Crippen LogP contribution in [0.3, 0.4) is 0 Å². The Bertz CT molecular complexity index is 1180. The largest absolute Gasteiger partial charge is 0.351 e. The third kappa shape index (κ3) is 5.04. The van der Waals surface area contributed by atoms with Gasteiger partial charge in [0.05, 0.1) is 17.0 Å². The van der Waals surface area contributed by atoms with Crippen molar-refractivity contribution in [3.8, 4) is 0 Å². The van der Waals surface area contributed by atoms with Crippen LogP contribution in [0.2, 0.25) is 0 Å². The number of carbonyl (C=O) groups is 4. The number of nitrogens with one attached hydrogen (secondary N) is 2. The smallest absolute Gasteiger partial charge is 0.282 e. The van der Waals surface area contributed by atoms with Crippen molar-refractivity contribution in [2.45, 2.75) is 31.8 Å². The van der Waals surface area contributed by atoms with Crippen molar-refractivity contribution in [2.24, 2.45) is 0 Å². The number of carbonyl (C=O) groups excluding carboxylic acids is 4. The van der Waals surface area contributed by atoms with Crippen molar-refractivity contribution in [1.82, 2.24) is 15.1 Å². The van der Waals surface area contributed by atoms with Crippen LogP contribution in [0.5, 0.6) is 0 Å². The fourth-order valence-electron chi connectivity index (χ4n) is 4.39. The van der Waals surface area contributed by atoms with Crippen molar-refractivity contribution in [3.63, 3.8) is 0 Å². The molecule has 2 heterocycles. The number of piperidine rings is 1. The fourth-order valence-corrected chi connectivity index (χ4v) is 4.39. The lowest BCUT2D eigenvalue weighted by atomic mass is 10.0. The van der Waals surface area contributed by atoms with Gasteiger partial charge in [-0.05, 0) is 38.0 Å². The summed E-state index contributed by atoms with van der Waals surface area (Å²) in [5.41, 5.74) is -0.0954. The van der Waals surface area contributed by atoms with Crippen molar-refractivity contribution in [2.75, 3.05) is 25.0 Å². The van der Waals surface area contributed by atoms with Crippen LogP contribution in [0, 0.1) is 10.1 Å². The van der Waals surface area contributed by atoms with Crippen LogP contribution in [-0.4, -0.2) is 70.1 Å². The van der Waals surface area contributed by atoms with E-state index in [4.69, 9.17) is 0 Å². The Kier molecular flexibility index (Phi) is 6.87. The average molecular weight is 479 g/mol. The SMILES string of the molecule is CC(C(=O)NC1CCN(CC(=O)Nc2ccccc2)CC1)N1C(=O)c2cccc([N+](=O)[O-])c2C1=O. The van der Waals surface area contributed by atoms with E-state index in [1.807, 2.05) is 35.2 Å². The summed E-state index contributed by atoms with van der Waals surface area (Å²) in [5, 5.41) is 17.0. The highest BCUT2D eigenvalue weighted by Gasteiger charge is 2.45. The molecule has 0 bridgehead atoms. The number of nitro groups is 1. The normalized spacial score (nSPS) is 17.1. The number of fused-ring (bicyclic) bond motifs is 1. The molecule has 182 valence electrons. The third-order valence-corrected chi connectivity index (χ3v) is 6.25. The highest BCUT2D eigenvalue weighted by Crippen LogP contribution is 2.32. The summed E-state index contributed by atoms with van der Waals surface area (Å²) < 4.78 is 0. The number of benzene rings is 2. The highest BCUT2D eigenvalue weighted by molar-refractivity contribution is 6.24. The first-order valence-corrected chi connectivity index (χ1v) is 11.3. The number of amides is 4. The van der Waals surface area contributed by atoms with Crippen LogP contribution >= 0.6 is 0 Å². The first-order chi connectivity index (χ1) is 16.8.